The van der Waals surface area contributed by atoms with E-state index in [2.05, 4.69) is 49.0 Å². The van der Waals surface area contributed by atoms with Crippen molar-refractivity contribution in [1.29, 1.82) is 0 Å². The molecule has 1 N–H and O–H groups in total. The Labute approximate surface area is 123 Å². The topological polar surface area (TPSA) is 41.0 Å². The first-order valence-corrected chi connectivity index (χ1v) is 7.76. The predicted octanol–water partition coefficient (Wildman–Crippen LogP) is 3.44. The highest BCUT2D eigenvalue weighted by Crippen LogP contribution is 2.28. The van der Waals surface area contributed by atoms with Crippen LogP contribution < -0.4 is 10.2 Å². The molecule has 20 heavy (non-hydrogen) atoms. The summed E-state index contributed by atoms with van der Waals surface area (Å²) in [4.78, 5) is 11.8. The summed E-state index contributed by atoms with van der Waals surface area (Å²) >= 11 is 0. The summed E-state index contributed by atoms with van der Waals surface area (Å²) in [6.07, 6.45) is 3.89. The van der Waals surface area contributed by atoms with E-state index in [1.807, 2.05) is 7.05 Å². The van der Waals surface area contributed by atoms with Gasteiger partial charge in [-0.25, -0.2) is 9.97 Å². The molecular weight excluding hydrogens is 248 g/mol. The third kappa shape index (κ3) is 3.41. The van der Waals surface area contributed by atoms with E-state index in [1.54, 1.807) is 0 Å². The first-order valence-electron chi connectivity index (χ1n) is 7.76. The summed E-state index contributed by atoms with van der Waals surface area (Å²) in [5.74, 6) is 3.73. The highest BCUT2D eigenvalue weighted by molar-refractivity contribution is 5.50. The molecule has 1 fully saturated rings. The number of hydrogen-bond donors (Lipinski definition) is 1. The normalized spacial score (nSPS) is 19.4. The molecule has 0 spiro atoms. The lowest BCUT2D eigenvalue weighted by Crippen LogP contribution is -2.24. The highest BCUT2D eigenvalue weighted by atomic mass is 15.2. The first kappa shape index (κ1) is 15.1. The van der Waals surface area contributed by atoms with Crippen molar-refractivity contribution in [3.63, 3.8) is 0 Å². The lowest BCUT2D eigenvalue weighted by atomic mass is 9.96. The number of nitrogens with one attached hydrogen (secondary N) is 1. The Balaban J connectivity index is 2.23. The molecule has 0 aromatic carbocycles. The second-order valence-corrected chi connectivity index (χ2v) is 6.82. The van der Waals surface area contributed by atoms with Crippen LogP contribution in [-0.2, 0) is 5.41 Å². The van der Waals surface area contributed by atoms with Gasteiger partial charge in [0.05, 0.1) is 0 Å². The Kier molecular flexibility index (Phi) is 4.51. The van der Waals surface area contributed by atoms with Crippen molar-refractivity contribution in [1.82, 2.24) is 9.97 Å². The molecule has 1 atom stereocenters. The van der Waals surface area contributed by atoms with Crippen molar-refractivity contribution in [2.24, 2.45) is 5.92 Å². The van der Waals surface area contributed by atoms with Crippen LogP contribution in [0.4, 0.5) is 11.6 Å². The predicted molar refractivity (Wildman–Crippen MR) is 85.5 cm³/mol. The minimum Gasteiger partial charge on any atom is -0.373 e. The molecule has 0 radical (unpaired) electrons. The molecule has 4 nitrogen and oxygen atoms in total. The van der Waals surface area contributed by atoms with E-state index < -0.39 is 0 Å². The van der Waals surface area contributed by atoms with E-state index >= 15 is 0 Å². The quantitative estimate of drug-likeness (QED) is 0.914. The number of nitrogens with zero attached hydrogens (tertiary/aromatic N) is 3. The van der Waals surface area contributed by atoms with E-state index in [4.69, 9.17) is 4.98 Å². The maximum absolute atomic E-state index is 4.80. The minimum atomic E-state index is -0.0237. The third-order valence-corrected chi connectivity index (χ3v) is 3.95. The van der Waals surface area contributed by atoms with Gasteiger partial charge in [0.25, 0.3) is 0 Å². The molecule has 0 saturated carbocycles. The van der Waals surface area contributed by atoms with Crippen molar-refractivity contribution >= 4 is 11.6 Å². The molecule has 2 rings (SSSR count). The van der Waals surface area contributed by atoms with E-state index in [0.717, 1.165) is 36.5 Å². The first-order chi connectivity index (χ1) is 9.44. The lowest BCUT2D eigenvalue weighted by molar-refractivity contribution is 0.528. The summed E-state index contributed by atoms with van der Waals surface area (Å²) in [6.45, 7) is 11.0. The van der Waals surface area contributed by atoms with Gasteiger partial charge in [-0.2, -0.15) is 0 Å². The van der Waals surface area contributed by atoms with Crippen molar-refractivity contribution in [2.45, 2.75) is 52.4 Å². The second kappa shape index (κ2) is 5.98. The summed E-state index contributed by atoms with van der Waals surface area (Å²) in [7, 11) is 1.92. The molecule has 0 amide bonds. The van der Waals surface area contributed by atoms with E-state index in [9.17, 15) is 0 Å². The Morgan fingerprint density at radius 2 is 2.10 bits per heavy atom. The van der Waals surface area contributed by atoms with Crippen LogP contribution >= 0.6 is 0 Å². The van der Waals surface area contributed by atoms with Gasteiger partial charge in [0.1, 0.15) is 17.5 Å². The third-order valence-electron chi connectivity index (χ3n) is 3.95. The van der Waals surface area contributed by atoms with Gasteiger partial charge in [-0.3, -0.25) is 0 Å². The SMILES string of the molecule is CCCC1CCN(c2cc(NC)nc(C(C)(C)C)n2)C1. The smallest absolute Gasteiger partial charge is 0.138 e. The fraction of sp³-hybridized carbons (Fsp3) is 0.750. The Morgan fingerprint density at radius 1 is 1.35 bits per heavy atom. The maximum atomic E-state index is 4.80. The summed E-state index contributed by atoms with van der Waals surface area (Å²) in [6, 6.07) is 2.07. The second-order valence-electron chi connectivity index (χ2n) is 6.82. The zero-order chi connectivity index (χ0) is 14.8. The molecule has 1 aliphatic rings. The molecule has 1 aromatic heterocycles. The van der Waals surface area contributed by atoms with Crippen LogP contribution in [0.3, 0.4) is 0 Å². The van der Waals surface area contributed by atoms with Crippen LogP contribution in [0.1, 0.15) is 52.8 Å². The van der Waals surface area contributed by atoms with Crippen LogP contribution in [0.15, 0.2) is 6.07 Å². The molecule has 0 aliphatic carbocycles. The van der Waals surface area contributed by atoms with Gasteiger partial charge < -0.3 is 10.2 Å². The molecule has 1 aromatic rings. The average molecular weight is 276 g/mol. The van der Waals surface area contributed by atoms with Crippen molar-refractivity contribution in [2.75, 3.05) is 30.4 Å². The van der Waals surface area contributed by atoms with Crippen LogP contribution in [0.25, 0.3) is 0 Å². The number of anilines is 2. The van der Waals surface area contributed by atoms with Gasteiger partial charge in [-0.05, 0) is 18.8 Å². The molecule has 2 heterocycles. The zero-order valence-electron chi connectivity index (χ0n) is 13.5. The monoisotopic (exact) mass is 276 g/mol. The molecular formula is C16H28N4. The Hall–Kier alpha value is -1.32. The van der Waals surface area contributed by atoms with Crippen molar-refractivity contribution in [3.8, 4) is 0 Å². The average Bonchev–Trinajstić information content (AvgIpc) is 2.86. The minimum absolute atomic E-state index is 0.0237. The van der Waals surface area contributed by atoms with Gasteiger partial charge in [0.15, 0.2) is 0 Å². The van der Waals surface area contributed by atoms with Crippen LogP contribution in [0.2, 0.25) is 0 Å². The largest absolute Gasteiger partial charge is 0.373 e. The maximum Gasteiger partial charge on any atom is 0.138 e. The summed E-state index contributed by atoms with van der Waals surface area (Å²) in [5, 5.41) is 3.16. The van der Waals surface area contributed by atoms with Crippen LogP contribution in [0, 0.1) is 5.92 Å². The molecule has 0 bridgehead atoms. The fourth-order valence-electron chi connectivity index (χ4n) is 2.74. The number of rotatable bonds is 4. The van der Waals surface area contributed by atoms with E-state index in [1.165, 1.54) is 19.3 Å². The van der Waals surface area contributed by atoms with Crippen molar-refractivity contribution in [3.05, 3.63) is 11.9 Å². The number of hydrogen-bond acceptors (Lipinski definition) is 4. The Morgan fingerprint density at radius 3 is 2.70 bits per heavy atom. The van der Waals surface area contributed by atoms with Crippen LogP contribution in [-0.4, -0.2) is 30.1 Å². The molecule has 1 unspecified atom stereocenters. The zero-order valence-corrected chi connectivity index (χ0v) is 13.5. The van der Waals surface area contributed by atoms with Crippen LogP contribution in [0.5, 0.6) is 0 Å². The standard InChI is InChI=1S/C16H28N4/c1-6-7-12-8-9-20(11-12)14-10-13(17-5)18-15(19-14)16(2,3)4/h10,12H,6-9,11H2,1-5H3,(H,17,18,19). The van der Waals surface area contributed by atoms with Gasteiger partial charge in [-0.1, -0.05) is 34.1 Å². The van der Waals surface area contributed by atoms with Crippen molar-refractivity contribution < 1.29 is 0 Å². The molecule has 112 valence electrons. The lowest BCUT2D eigenvalue weighted by Gasteiger charge is -2.23. The Bertz CT molecular complexity index is 450. The molecule has 1 saturated heterocycles. The van der Waals surface area contributed by atoms with Gasteiger partial charge in [0.2, 0.25) is 0 Å². The number of aromatic nitrogens is 2. The molecule has 4 heteroatoms. The van der Waals surface area contributed by atoms with E-state index in [0.29, 0.717) is 0 Å². The summed E-state index contributed by atoms with van der Waals surface area (Å²) in [5.41, 5.74) is -0.0237. The van der Waals surface area contributed by atoms with Gasteiger partial charge in [0, 0.05) is 31.6 Å². The van der Waals surface area contributed by atoms with E-state index in [-0.39, 0.29) is 5.41 Å². The van der Waals surface area contributed by atoms with Gasteiger partial charge in [-0.15, -0.1) is 0 Å². The van der Waals surface area contributed by atoms with Gasteiger partial charge >= 0.3 is 0 Å². The summed E-state index contributed by atoms with van der Waals surface area (Å²) < 4.78 is 0. The highest BCUT2D eigenvalue weighted by Gasteiger charge is 2.25. The molecule has 1 aliphatic heterocycles. The fourth-order valence-corrected chi connectivity index (χ4v) is 2.74.